The molecule has 0 N–H and O–H groups in total. The highest BCUT2D eigenvalue weighted by Crippen LogP contribution is 2.22. The van der Waals surface area contributed by atoms with E-state index in [-0.39, 0.29) is 11.7 Å². The van der Waals surface area contributed by atoms with Crippen molar-refractivity contribution in [2.75, 3.05) is 13.1 Å². The first-order chi connectivity index (χ1) is 10.8. The van der Waals surface area contributed by atoms with E-state index < -0.39 is 0 Å². The minimum atomic E-state index is 0.0918. The van der Waals surface area contributed by atoms with Gasteiger partial charge in [-0.25, -0.2) is 9.67 Å². The molecule has 1 fully saturated rings. The van der Waals surface area contributed by atoms with Crippen LogP contribution in [0.2, 0.25) is 0 Å². The van der Waals surface area contributed by atoms with Gasteiger partial charge in [0.15, 0.2) is 5.78 Å². The van der Waals surface area contributed by atoms with Crippen molar-refractivity contribution in [2.24, 2.45) is 5.92 Å². The van der Waals surface area contributed by atoms with E-state index in [1.165, 1.54) is 0 Å². The van der Waals surface area contributed by atoms with E-state index in [1.54, 1.807) is 6.33 Å². The van der Waals surface area contributed by atoms with Gasteiger partial charge in [-0.15, -0.1) is 0 Å². The number of Topliss-reactive ketones (excluding diaryl/α,β-unsaturated/α-hetero) is 1. The summed E-state index contributed by atoms with van der Waals surface area (Å²) in [5.74, 6) is 1.34. The van der Waals surface area contributed by atoms with Gasteiger partial charge in [-0.3, -0.25) is 9.69 Å². The van der Waals surface area contributed by atoms with E-state index in [0.29, 0.717) is 0 Å². The third-order valence-corrected chi connectivity index (χ3v) is 4.29. The van der Waals surface area contributed by atoms with Gasteiger partial charge in [0, 0.05) is 24.6 Å². The van der Waals surface area contributed by atoms with Gasteiger partial charge in [-0.2, -0.15) is 5.10 Å². The first kappa shape index (κ1) is 14.9. The van der Waals surface area contributed by atoms with Crippen molar-refractivity contribution in [1.29, 1.82) is 0 Å². The summed E-state index contributed by atoms with van der Waals surface area (Å²) >= 11 is 0. The zero-order valence-electron chi connectivity index (χ0n) is 13.0. The monoisotopic (exact) mass is 298 g/mol. The number of aryl methyl sites for hydroxylation is 1. The number of piperidine rings is 1. The highest BCUT2D eigenvalue weighted by Gasteiger charge is 2.27. The molecule has 22 heavy (non-hydrogen) atoms. The fourth-order valence-corrected chi connectivity index (χ4v) is 3.13. The second kappa shape index (κ2) is 6.83. The van der Waals surface area contributed by atoms with E-state index in [1.807, 2.05) is 35.0 Å². The van der Waals surface area contributed by atoms with Crippen molar-refractivity contribution in [3.63, 3.8) is 0 Å². The summed E-state index contributed by atoms with van der Waals surface area (Å²) in [4.78, 5) is 19.3. The molecule has 0 amide bonds. The van der Waals surface area contributed by atoms with Crippen LogP contribution in [0.5, 0.6) is 0 Å². The van der Waals surface area contributed by atoms with Gasteiger partial charge in [0.1, 0.15) is 12.2 Å². The van der Waals surface area contributed by atoms with Crippen LogP contribution in [-0.2, 0) is 13.1 Å². The maximum Gasteiger partial charge on any atom is 0.167 e. The van der Waals surface area contributed by atoms with Crippen molar-refractivity contribution in [2.45, 2.75) is 32.9 Å². The predicted octanol–water partition coefficient (Wildman–Crippen LogP) is 2.39. The van der Waals surface area contributed by atoms with Crippen LogP contribution in [0.1, 0.15) is 35.9 Å². The van der Waals surface area contributed by atoms with Crippen LogP contribution < -0.4 is 0 Å². The summed E-state index contributed by atoms with van der Waals surface area (Å²) in [5, 5.41) is 4.21. The Labute approximate surface area is 131 Å². The summed E-state index contributed by atoms with van der Waals surface area (Å²) in [6.07, 6.45) is 3.64. The first-order valence-corrected chi connectivity index (χ1v) is 7.96. The standard InChI is InChI=1S/C17H22N4O/c1-2-21-16(18-13-19-21)12-20-10-6-9-15(11-20)17(22)14-7-4-3-5-8-14/h3-5,7-8,13,15H,2,6,9-12H2,1H3/t15-/m0/s1. The number of carbonyl (C=O) groups is 1. The van der Waals surface area contributed by atoms with Crippen LogP contribution in [0.4, 0.5) is 0 Å². The van der Waals surface area contributed by atoms with E-state index in [2.05, 4.69) is 21.9 Å². The third kappa shape index (κ3) is 3.25. The number of aromatic nitrogens is 3. The third-order valence-electron chi connectivity index (χ3n) is 4.29. The van der Waals surface area contributed by atoms with Crippen molar-refractivity contribution < 1.29 is 4.79 Å². The molecule has 2 heterocycles. The molecule has 1 aliphatic rings. The van der Waals surface area contributed by atoms with Crippen LogP contribution in [0.3, 0.4) is 0 Å². The molecule has 1 aromatic heterocycles. The maximum atomic E-state index is 12.6. The van der Waals surface area contributed by atoms with Gasteiger partial charge >= 0.3 is 0 Å². The van der Waals surface area contributed by atoms with Gasteiger partial charge in [0.2, 0.25) is 0 Å². The Hall–Kier alpha value is -2.01. The molecule has 0 bridgehead atoms. The lowest BCUT2D eigenvalue weighted by molar-refractivity contribution is 0.0806. The number of carbonyl (C=O) groups excluding carboxylic acids is 1. The van der Waals surface area contributed by atoms with Crippen LogP contribution in [0.25, 0.3) is 0 Å². The quantitative estimate of drug-likeness (QED) is 0.795. The second-order valence-electron chi connectivity index (χ2n) is 5.80. The molecule has 5 nitrogen and oxygen atoms in total. The maximum absolute atomic E-state index is 12.6. The molecule has 0 unspecified atom stereocenters. The topological polar surface area (TPSA) is 51.0 Å². The summed E-state index contributed by atoms with van der Waals surface area (Å²) in [6, 6.07) is 9.63. The fourth-order valence-electron chi connectivity index (χ4n) is 3.13. The van der Waals surface area contributed by atoms with Gasteiger partial charge in [-0.05, 0) is 26.3 Å². The Morgan fingerprint density at radius 3 is 2.91 bits per heavy atom. The van der Waals surface area contributed by atoms with Crippen LogP contribution in [-0.4, -0.2) is 38.5 Å². The Morgan fingerprint density at radius 1 is 1.32 bits per heavy atom. The van der Waals surface area contributed by atoms with E-state index in [0.717, 1.165) is 50.4 Å². The number of nitrogens with zero attached hydrogens (tertiary/aromatic N) is 4. The van der Waals surface area contributed by atoms with E-state index in [4.69, 9.17) is 0 Å². The minimum Gasteiger partial charge on any atom is -0.295 e. The average Bonchev–Trinajstić information content (AvgIpc) is 3.02. The molecule has 116 valence electrons. The second-order valence-corrected chi connectivity index (χ2v) is 5.80. The highest BCUT2D eigenvalue weighted by atomic mass is 16.1. The molecule has 1 atom stereocenters. The van der Waals surface area contributed by atoms with Gasteiger partial charge < -0.3 is 0 Å². The Kier molecular flexibility index (Phi) is 4.63. The van der Waals surface area contributed by atoms with E-state index >= 15 is 0 Å². The fraction of sp³-hybridized carbons (Fsp3) is 0.471. The molecular formula is C17H22N4O. The molecule has 1 aromatic carbocycles. The number of rotatable bonds is 5. The first-order valence-electron chi connectivity index (χ1n) is 7.96. The van der Waals surface area contributed by atoms with Crippen molar-refractivity contribution in [3.8, 4) is 0 Å². The lowest BCUT2D eigenvalue weighted by Crippen LogP contribution is -2.38. The number of likely N-dealkylation sites (tertiary alicyclic amines) is 1. The molecule has 2 aromatic rings. The highest BCUT2D eigenvalue weighted by molar-refractivity contribution is 5.98. The molecule has 0 spiro atoms. The normalized spacial score (nSPS) is 19.2. The molecule has 1 aliphatic heterocycles. The Bertz CT molecular complexity index is 623. The van der Waals surface area contributed by atoms with Crippen molar-refractivity contribution in [3.05, 3.63) is 48.0 Å². The molecule has 5 heteroatoms. The number of ketones is 1. The SMILES string of the molecule is CCn1ncnc1CN1CCC[C@H](C(=O)c2ccccc2)C1. The zero-order valence-corrected chi connectivity index (χ0v) is 13.0. The zero-order chi connectivity index (χ0) is 15.4. The molecular weight excluding hydrogens is 276 g/mol. The van der Waals surface area contributed by atoms with Crippen molar-refractivity contribution >= 4 is 5.78 Å². The average molecular weight is 298 g/mol. The van der Waals surface area contributed by atoms with Gasteiger partial charge in [-0.1, -0.05) is 30.3 Å². The number of hydrogen-bond donors (Lipinski definition) is 0. The molecule has 3 rings (SSSR count). The number of hydrogen-bond acceptors (Lipinski definition) is 4. The lowest BCUT2D eigenvalue weighted by Gasteiger charge is -2.31. The predicted molar refractivity (Wildman–Crippen MR) is 84.5 cm³/mol. The smallest absolute Gasteiger partial charge is 0.167 e. The van der Waals surface area contributed by atoms with E-state index in [9.17, 15) is 4.79 Å². The van der Waals surface area contributed by atoms with Gasteiger partial charge in [0.25, 0.3) is 0 Å². The Morgan fingerprint density at radius 2 is 2.14 bits per heavy atom. The van der Waals surface area contributed by atoms with Crippen LogP contribution in [0, 0.1) is 5.92 Å². The summed E-state index contributed by atoms with van der Waals surface area (Å²) in [5.41, 5.74) is 0.825. The molecule has 0 aliphatic carbocycles. The van der Waals surface area contributed by atoms with Crippen LogP contribution >= 0.6 is 0 Å². The molecule has 0 saturated carbocycles. The lowest BCUT2D eigenvalue weighted by atomic mass is 9.90. The van der Waals surface area contributed by atoms with Crippen LogP contribution in [0.15, 0.2) is 36.7 Å². The molecule has 1 saturated heterocycles. The Balaban J connectivity index is 1.65. The summed E-state index contributed by atoms with van der Waals surface area (Å²) < 4.78 is 1.92. The largest absolute Gasteiger partial charge is 0.295 e. The number of benzene rings is 1. The summed E-state index contributed by atoms with van der Waals surface area (Å²) in [7, 11) is 0. The minimum absolute atomic E-state index is 0.0918. The van der Waals surface area contributed by atoms with Crippen molar-refractivity contribution in [1.82, 2.24) is 19.7 Å². The summed E-state index contributed by atoms with van der Waals surface area (Å²) in [6.45, 7) is 5.50. The van der Waals surface area contributed by atoms with Gasteiger partial charge in [0.05, 0.1) is 6.54 Å². The molecule has 0 radical (unpaired) electrons.